The Morgan fingerprint density at radius 1 is 1.30 bits per heavy atom. The van der Waals surface area contributed by atoms with Crippen molar-refractivity contribution in [3.8, 4) is 17.0 Å². The molecule has 7 nitrogen and oxygen atoms in total. The van der Waals surface area contributed by atoms with Gasteiger partial charge in [0, 0.05) is 30.3 Å². The van der Waals surface area contributed by atoms with Gasteiger partial charge in [-0.3, -0.25) is 0 Å². The standard InChI is InChI=1S/C19H19F4N5O2/c1-8-15(19(8,22)23)17-26-12(9-2-13(30-18(20)21)16(24)25-5-9)4-14(27-17)28-6-11-3-10(28)7-29-11/h2,4-5,8,10-11,15,18H,3,6-7H2,1H3,(H2,24,25)/t8?,10-,11-,15?/m0/s1. The van der Waals surface area contributed by atoms with E-state index in [4.69, 9.17) is 10.5 Å². The monoisotopic (exact) mass is 425 g/mol. The zero-order valence-electron chi connectivity index (χ0n) is 15.9. The van der Waals surface area contributed by atoms with Crippen LogP contribution in [-0.2, 0) is 4.74 Å². The van der Waals surface area contributed by atoms with E-state index in [1.54, 1.807) is 6.07 Å². The van der Waals surface area contributed by atoms with Crippen LogP contribution >= 0.6 is 0 Å². The number of morpholine rings is 1. The van der Waals surface area contributed by atoms with Crippen LogP contribution in [0.2, 0.25) is 0 Å². The van der Waals surface area contributed by atoms with Crippen LogP contribution in [0.4, 0.5) is 29.2 Å². The number of aromatic nitrogens is 3. The van der Waals surface area contributed by atoms with Gasteiger partial charge in [-0.2, -0.15) is 8.78 Å². The predicted octanol–water partition coefficient (Wildman–Crippen LogP) is 3.07. The minimum atomic E-state index is -3.08. The summed E-state index contributed by atoms with van der Waals surface area (Å²) in [6.45, 7) is -0.472. The molecule has 0 spiro atoms. The molecule has 2 aromatic rings. The summed E-state index contributed by atoms with van der Waals surface area (Å²) < 4.78 is 63.5. The molecule has 4 heterocycles. The predicted molar refractivity (Wildman–Crippen MR) is 98.7 cm³/mol. The third-order valence-corrected chi connectivity index (χ3v) is 6.01. The van der Waals surface area contributed by atoms with E-state index >= 15 is 0 Å². The number of alkyl halides is 4. The number of rotatable bonds is 5. The fraction of sp³-hybridized carbons (Fsp3) is 0.526. The second-order valence-electron chi connectivity index (χ2n) is 7.89. The van der Waals surface area contributed by atoms with Gasteiger partial charge in [0.2, 0.25) is 0 Å². The summed E-state index contributed by atoms with van der Waals surface area (Å²) in [6, 6.07) is 3.04. The summed E-state index contributed by atoms with van der Waals surface area (Å²) >= 11 is 0. The molecule has 3 aliphatic rings. The van der Waals surface area contributed by atoms with Gasteiger partial charge in [-0.15, -0.1) is 0 Å². The molecule has 2 aromatic heterocycles. The van der Waals surface area contributed by atoms with E-state index in [-0.39, 0.29) is 29.5 Å². The average molecular weight is 425 g/mol. The largest absolute Gasteiger partial charge is 0.431 e. The van der Waals surface area contributed by atoms with Crippen molar-refractivity contribution < 1.29 is 27.0 Å². The van der Waals surface area contributed by atoms with E-state index in [0.717, 1.165) is 6.42 Å². The Labute approximate surface area is 169 Å². The molecule has 11 heteroatoms. The lowest BCUT2D eigenvalue weighted by atomic mass is 10.1. The van der Waals surface area contributed by atoms with E-state index in [1.807, 2.05) is 4.90 Å². The Morgan fingerprint density at radius 2 is 2.07 bits per heavy atom. The first kappa shape index (κ1) is 19.3. The van der Waals surface area contributed by atoms with Crippen LogP contribution in [-0.4, -0.2) is 52.8 Å². The maximum atomic E-state index is 14.1. The van der Waals surface area contributed by atoms with Gasteiger partial charge in [0.1, 0.15) is 11.6 Å². The molecule has 0 amide bonds. The lowest BCUT2D eigenvalue weighted by Gasteiger charge is -2.28. The maximum absolute atomic E-state index is 14.1. The first-order valence-electron chi connectivity index (χ1n) is 9.59. The maximum Gasteiger partial charge on any atom is 0.387 e. The van der Waals surface area contributed by atoms with Crippen LogP contribution in [0, 0.1) is 5.92 Å². The number of pyridine rings is 1. The van der Waals surface area contributed by atoms with Crippen molar-refractivity contribution in [1.29, 1.82) is 0 Å². The Hall–Kier alpha value is -2.69. The highest BCUT2D eigenvalue weighted by Gasteiger charge is 2.67. The molecule has 1 aliphatic carbocycles. The molecule has 160 valence electrons. The number of fused-ring (bicyclic) bond motifs is 2. The van der Waals surface area contributed by atoms with Gasteiger partial charge < -0.3 is 20.1 Å². The third-order valence-electron chi connectivity index (χ3n) is 6.01. The van der Waals surface area contributed by atoms with Crippen LogP contribution in [0.25, 0.3) is 11.3 Å². The van der Waals surface area contributed by atoms with Crippen molar-refractivity contribution in [3.63, 3.8) is 0 Å². The molecule has 5 rings (SSSR count). The minimum absolute atomic E-state index is 0.0249. The normalized spacial score (nSPS) is 28.9. The van der Waals surface area contributed by atoms with Gasteiger partial charge in [0.15, 0.2) is 11.6 Å². The highest BCUT2D eigenvalue weighted by atomic mass is 19.3. The number of hydrogen-bond acceptors (Lipinski definition) is 7. The van der Waals surface area contributed by atoms with Crippen LogP contribution in [0.3, 0.4) is 0 Å². The molecule has 30 heavy (non-hydrogen) atoms. The van der Waals surface area contributed by atoms with Crippen molar-refractivity contribution in [1.82, 2.24) is 15.0 Å². The fourth-order valence-electron chi connectivity index (χ4n) is 4.23. The molecule has 2 saturated heterocycles. The summed E-state index contributed by atoms with van der Waals surface area (Å²) in [4.78, 5) is 14.7. The second-order valence-corrected chi connectivity index (χ2v) is 7.89. The highest BCUT2D eigenvalue weighted by molar-refractivity contribution is 5.67. The zero-order chi connectivity index (χ0) is 21.2. The average Bonchev–Trinajstić information content (AvgIpc) is 3.09. The molecular weight excluding hydrogens is 406 g/mol. The molecule has 3 fully saturated rings. The summed E-state index contributed by atoms with van der Waals surface area (Å²) in [5.41, 5.74) is 6.22. The molecule has 2 aliphatic heterocycles. The van der Waals surface area contributed by atoms with Crippen molar-refractivity contribution in [3.05, 3.63) is 24.2 Å². The molecule has 0 radical (unpaired) electrons. The van der Waals surface area contributed by atoms with Crippen LogP contribution in [0.15, 0.2) is 18.3 Å². The molecule has 2 bridgehead atoms. The third kappa shape index (κ3) is 3.11. The number of nitrogens with two attached hydrogens (primary N) is 1. The number of nitrogens with zero attached hydrogens (tertiary/aromatic N) is 4. The molecular formula is C19H19F4N5O2. The van der Waals surface area contributed by atoms with Gasteiger partial charge in [0.05, 0.1) is 30.4 Å². The van der Waals surface area contributed by atoms with E-state index in [0.29, 0.717) is 30.2 Å². The van der Waals surface area contributed by atoms with Gasteiger partial charge >= 0.3 is 6.61 Å². The Morgan fingerprint density at radius 3 is 2.67 bits per heavy atom. The Balaban J connectivity index is 1.57. The first-order chi connectivity index (χ1) is 14.2. The minimum Gasteiger partial charge on any atom is -0.431 e. The topological polar surface area (TPSA) is 86.4 Å². The van der Waals surface area contributed by atoms with Gasteiger partial charge in [-0.25, -0.2) is 23.7 Å². The van der Waals surface area contributed by atoms with Crippen molar-refractivity contribution in [2.24, 2.45) is 5.92 Å². The summed E-state index contributed by atoms with van der Waals surface area (Å²) in [7, 11) is 0. The number of anilines is 2. The number of halogens is 4. The smallest absolute Gasteiger partial charge is 0.387 e. The number of nitrogen functional groups attached to an aromatic ring is 1. The van der Waals surface area contributed by atoms with Crippen LogP contribution in [0.5, 0.6) is 5.75 Å². The fourth-order valence-corrected chi connectivity index (χ4v) is 4.23. The van der Waals surface area contributed by atoms with E-state index in [9.17, 15) is 17.6 Å². The summed E-state index contributed by atoms with van der Waals surface area (Å²) in [5, 5.41) is 0. The van der Waals surface area contributed by atoms with Gasteiger partial charge in [0.25, 0.3) is 5.92 Å². The summed E-state index contributed by atoms with van der Waals surface area (Å²) in [6.07, 6.45) is 2.28. The van der Waals surface area contributed by atoms with Crippen molar-refractivity contribution in [2.75, 3.05) is 23.8 Å². The SMILES string of the molecule is CC1C(c2nc(-c3cnc(N)c(OC(F)F)c3)cc(N3C[C@@H]4C[C@H]3CO4)n2)C1(F)F. The molecule has 2 unspecified atom stereocenters. The number of ether oxygens (including phenoxy) is 2. The molecule has 4 atom stereocenters. The van der Waals surface area contributed by atoms with Crippen molar-refractivity contribution in [2.45, 2.75) is 43.9 Å². The molecule has 0 aromatic carbocycles. The highest BCUT2D eigenvalue weighted by Crippen LogP contribution is 2.60. The van der Waals surface area contributed by atoms with Gasteiger partial charge in [-0.1, -0.05) is 6.92 Å². The Bertz CT molecular complexity index is 991. The Kier molecular flexibility index (Phi) is 4.28. The van der Waals surface area contributed by atoms with E-state index in [1.165, 1.54) is 19.2 Å². The van der Waals surface area contributed by atoms with Crippen molar-refractivity contribution >= 4 is 11.6 Å². The van der Waals surface area contributed by atoms with Gasteiger partial charge in [-0.05, 0) is 12.5 Å². The molecule has 2 N–H and O–H groups in total. The number of hydrogen-bond donors (Lipinski definition) is 1. The lowest BCUT2D eigenvalue weighted by Crippen LogP contribution is -2.37. The second kappa shape index (κ2) is 6.66. The lowest BCUT2D eigenvalue weighted by molar-refractivity contribution is -0.0494. The van der Waals surface area contributed by atoms with Crippen LogP contribution in [0.1, 0.15) is 25.1 Å². The quantitative estimate of drug-likeness (QED) is 0.737. The van der Waals surface area contributed by atoms with E-state index < -0.39 is 24.4 Å². The first-order valence-corrected chi connectivity index (χ1v) is 9.59. The summed E-state index contributed by atoms with van der Waals surface area (Å²) in [5.74, 6) is -4.82. The van der Waals surface area contributed by atoms with E-state index in [2.05, 4.69) is 19.7 Å². The zero-order valence-corrected chi connectivity index (χ0v) is 15.9. The van der Waals surface area contributed by atoms with Crippen LogP contribution < -0.4 is 15.4 Å². The molecule has 1 saturated carbocycles.